The number of hydrogen-bond acceptors (Lipinski definition) is 13. The van der Waals surface area contributed by atoms with Crippen molar-refractivity contribution >= 4 is 35.9 Å². The van der Waals surface area contributed by atoms with Crippen LogP contribution < -0.4 is 4.74 Å². The SMILES string of the molecule is CCOC(=O)/C(=C/c1cccc(OC)c1)O[C@H]1O[C@@H](COC(C)=O)[C@@H](OC(C)=O)[C@@H](OC(C)=O)[C@@H]1OC(C)=O. The molecule has 13 heteroatoms. The van der Waals surface area contributed by atoms with Crippen molar-refractivity contribution in [3.63, 3.8) is 0 Å². The molecule has 0 aromatic heterocycles. The van der Waals surface area contributed by atoms with Crippen molar-refractivity contribution in [1.82, 2.24) is 0 Å². The second-order valence-corrected chi connectivity index (χ2v) is 8.19. The molecule has 1 aromatic carbocycles. The van der Waals surface area contributed by atoms with Gasteiger partial charge in [0.2, 0.25) is 18.2 Å². The summed E-state index contributed by atoms with van der Waals surface area (Å²) in [4.78, 5) is 60.3. The number of rotatable bonds is 11. The Morgan fingerprint density at radius 2 is 1.44 bits per heavy atom. The summed E-state index contributed by atoms with van der Waals surface area (Å²) in [5, 5.41) is 0. The predicted octanol–water partition coefficient (Wildman–Crippen LogP) is 1.70. The fraction of sp³-hybridized carbons (Fsp3) is 0.500. The minimum absolute atomic E-state index is 0.0101. The van der Waals surface area contributed by atoms with Crippen LogP contribution in [0.1, 0.15) is 40.2 Å². The fourth-order valence-electron chi connectivity index (χ4n) is 3.63. The molecular weight excluding hydrogens is 520 g/mol. The molecule has 1 aliphatic rings. The molecule has 1 saturated heterocycles. The Labute approximate surface area is 225 Å². The fourth-order valence-corrected chi connectivity index (χ4v) is 3.63. The van der Waals surface area contributed by atoms with Crippen LogP contribution in [0.5, 0.6) is 5.75 Å². The lowest BCUT2D eigenvalue weighted by atomic mass is 9.98. The maximum Gasteiger partial charge on any atom is 0.373 e. The van der Waals surface area contributed by atoms with Crippen LogP contribution >= 0.6 is 0 Å². The van der Waals surface area contributed by atoms with Crippen LogP contribution in [0.3, 0.4) is 0 Å². The van der Waals surface area contributed by atoms with Crippen molar-refractivity contribution in [1.29, 1.82) is 0 Å². The highest BCUT2D eigenvalue weighted by atomic mass is 16.7. The molecule has 0 unspecified atom stereocenters. The summed E-state index contributed by atoms with van der Waals surface area (Å²) in [6, 6.07) is 6.66. The highest BCUT2D eigenvalue weighted by Gasteiger charge is 2.53. The lowest BCUT2D eigenvalue weighted by Crippen LogP contribution is -2.63. The van der Waals surface area contributed by atoms with E-state index in [1.807, 2.05) is 0 Å². The summed E-state index contributed by atoms with van der Waals surface area (Å²) in [5.41, 5.74) is 0.489. The van der Waals surface area contributed by atoms with Gasteiger partial charge in [0, 0.05) is 27.7 Å². The highest BCUT2D eigenvalue weighted by Crippen LogP contribution is 2.31. The van der Waals surface area contributed by atoms with Gasteiger partial charge in [-0.25, -0.2) is 4.79 Å². The first kappa shape index (κ1) is 31.1. The smallest absolute Gasteiger partial charge is 0.373 e. The number of carbonyl (C=O) groups excluding carboxylic acids is 5. The Balaban J connectivity index is 2.59. The van der Waals surface area contributed by atoms with E-state index in [1.165, 1.54) is 13.2 Å². The van der Waals surface area contributed by atoms with E-state index < -0.39 is 67.2 Å². The first-order valence-corrected chi connectivity index (χ1v) is 11.9. The van der Waals surface area contributed by atoms with Crippen molar-refractivity contribution in [2.75, 3.05) is 20.3 Å². The summed E-state index contributed by atoms with van der Waals surface area (Å²) in [5.74, 6) is -3.81. The summed E-state index contributed by atoms with van der Waals surface area (Å²) < 4.78 is 43.2. The number of esters is 5. The molecule has 39 heavy (non-hydrogen) atoms. The number of hydrogen-bond donors (Lipinski definition) is 0. The summed E-state index contributed by atoms with van der Waals surface area (Å²) in [6.45, 7) is 5.59. The van der Waals surface area contributed by atoms with Crippen LogP contribution in [-0.4, -0.2) is 80.9 Å². The van der Waals surface area contributed by atoms with E-state index in [2.05, 4.69) is 0 Å². The van der Waals surface area contributed by atoms with E-state index >= 15 is 0 Å². The monoisotopic (exact) mass is 552 g/mol. The standard InChI is InChI=1S/C26H32O13/c1-7-33-25(31)20(12-18-9-8-10-19(11-18)32-6)38-26-24(37-17(5)30)23(36-16(4)29)22(35-15(3)28)21(39-26)13-34-14(2)27/h8-12,21-24,26H,7,13H2,1-6H3/b20-12-/t21-,22+,23+,24-,26-/m0/s1. The molecule has 1 aromatic rings. The molecule has 2 rings (SSSR count). The van der Waals surface area contributed by atoms with Crippen molar-refractivity contribution in [3.05, 3.63) is 35.6 Å². The van der Waals surface area contributed by atoms with E-state index in [9.17, 15) is 24.0 Å². The second-order valence-electron chi connectivity index (χ2n) is 8.19. The second kappa shape index (κ2) is 14.7. The molecule has 0 amide bonds. The summed E-state index contributed by atoms with van der Waals surface area (Å²) in [7, 11) is 1.48. The zero-order valence-electron chi connectivity index (χ0n) is 22.5. The molecule has 1 aliphatic heterocycles. The van der Waals surface area contributed by atoms with Gasteiger partial charge in [0.1, 0.15) is 18.5 Å². The quantitative estimate of drug-likeness (QED) is 0.169. The third-order valence-corrected chi connectivity index (χ3v) is 5.06. The molecule has 1 heterocycles. The number of carbonyl (C=O) groups is 5. The molecule has 214 valence electrons. The molecule has 5 atom stereocenters. The first-order valence-electron chi connectivity index (χ1n) is 11.9. The van der Waals surface area contributed by atoms with Crippen molar-refractivity contribution in [2.45, 2.75) is 65.3 Å². The average Bonchev–Trinajstić information content (AvgIpc) is 2.85. The molecule has 0 aliphatic carbocycles. The van der Waals surface area contributed by atoms with Gasteiger partial charge in [0.25, 0.3) is 0 Å². The van der Waals surface area contributed by atoms with Gasteiger partial charge < -0.3 is 37.9 Å². The predicted molar refractivity (Wildman–Crippen MR) is 131 cm³/mol. The normalized spacial score (nSPS) is 22.6. The Bertz CT molecular complexity index is 1080. The van der Waals surface area contributed by atoms with Gasteiger partial charge >= 0.3 is 29.8 Å². The molecule has 0 saturated carbocycles. The molecule has 0 radical (unpaired) electrons. The highest BCUT2D eigenvalue weighted by molar-refractivity contribution is 5.91. The molecule has 0 N–H and O–H groups in total. The van der Waals surface area contributed by atoms with Crippen LogP contribution in [0.4, 0.5) is 0 Å². The lowest BCUT2D eigenvalue weighted by molar-refractivity contribution is -0.299. The van der Waals surface area contributed by atoms with Gasteiger partial charge in [-0.1, -0.05) is 12.1 Å². The maximum absolute atomic E-state index is 12.8. The number of benzene rings is 1. The zero-order valence-corrected chi connectivity index (χ0v) is 22.5. The Hall–Kier alpha value is -4.13. The van der Waals surface area contributed by atoms with Crippen LogP contribution in [0.2, 0.25) is 0 Å². The number of methoxy groups -OCH3 is 1. The van der Waals surface area contributed by atoms with Crippen LogP contribution in [0, 0.1) is 0 Å². The Kier molecular flexibility index (Phi) is 11.7. The van der Waals surface area contributed by atoms with Gasteiger partial charge in [-0.3, -0.25) is 19.2 Å². The van der Waals surface area contributed by atoms with Crippen LogP contribution in [-0.2, 0) is 57.1 Å². The minimum Gasteiger partial charge on any atom is -0.497 e. The zero-order chi connectivity index (χ0) is 29.1. The van der Waals surface area contributed by atoms with E-state index in [0.29, 0.717) is 11.3 Å². The van der Waals surface area contributed by atoms with Crippen molar-refractivity contribution < 1.29 is 61.9 Å². The summed E-state index contributed by atoms with van der Waals surface area (Å²) in [6.07, 6.45) is -5.87. The largest absolute Gasteiger partial charge is 0.497 e. The van der Waals surface area contributed by atoms with E-state index in [4.69, 9.17) is 37.9 Å². The van der Waals surface area contributed by atoms with Crippen molar-refractivity contribution in [2.24, 2.45) is 0 Å². The molecule has 0 spiro atoms. The molecule has 0 bridgehead atoms. The Morgan fingerprint density at radius 3 is 2.00 bits per heavy atom. The summed E-state index contributed by atoms with van der Waals surface area (Å²) >= 11 is 0. The average molecular weight is 553 g/mol. The van der Waals surface area contributed by atoms with Crippen LogP contribution in [0.25, 0.3) is 6.08 Å². The topological polar surface area (TPSA) is 159 Å². The van der Waals surface area contributed by atoms with Gasteiger partial charge in [-0.15, -0.1) is 0 Å². The van der Waals surface area contributed by atoms with Gasteiger partial charge in [-0.05, 0) is 30.7 Å². The molecular formula is C26H32O13. The van der Waals surface area contributed by atoms with Gasteiger partial charge in [0.05, 0.1) is 13.7 Å². The maximum atomic E-state index is 12.8. The molecule has 13 nitrogen and oxygen atoms in total. The van der Waals surface area contributed by atoms with Gasteiger partial charge in [0.15, 0.2) is 12.2 Å². The van der Waals surface area contributed by atoms with Crippen LogP contribution in [0.15, 0.2) is 30.0 Å². The van der Waals surface area contributed by atoms with Gasteiger partial charge in [-0.2, -0.15) is 0 Å². The lowest BCUT2D eigenvalue weighted by Gasteiger charge is -2.43. The minimum atomic E-state index is -1.60. The van der Waals surface area contributed by atoms with E-state index in [0.717, 1.165) is 27.7 Å². The third kappa shape index (κ3) is 9.60. The van der Waals surface area contributed by atoms with E-state index in [1.54, 1.807) is 31.2 Å². The van der Waals surface area contributed by atoms with E-state index in [-0.39, 0.29) is 12.4 Å². The first-order chi connectivity index (χ1) is 18.4. The number of ether oxygens (including phenoxy) is 8. The molecule has 1 fully saturated rings. The third-order valence-electron chi connectivity index (χ3n) is 5.06. The van der Waals surface area contributed by atoms with Crippen molar-refractivity contribution in [3.8, 4) is 5.75 Å². The Morgan fingerprint density at radius 1 is 0.821 bits per heavy atom.